The first kappa shape index (κ1) is 14.0. The average molecular weight is 241 g/mol. The van der Waals surface area contributed by atoms with Crippen molar-refractivity contribution in [2.24, 2.45) is 0 Å². The van der Waals surface area contributed by atoms with Crippen molar-refractivity contribution in [3.8, 4) is 0 Å². The lowest BCUT2D eigenvalue weighted by molar-refractivity contribution is -0.159. The summed E-state index contributed by atoms with van der Waals surface area (Å²) in [6, 6.07) is 0. The predicted molar refractivity (Wildman–Crippen MR) is 65.7 cm³/mol. The van der Waals surface area contributed by atoms with Gasteiger partial charge in [0.1, 0.15) is 5.54 Å². The SMILES string of the molecule is CCCC(C)(C(=O)O)N1CCCCCCC1=O. The van der Waals surface area contributed by atoms with E-state index in [1.807, 2.05) is 6.92 Å². The Morgan fingerprint density at radius 3 is 2.59 bits per heavy atom. The molecule has 0 saturated carbocycles. The molecule has 0 aromatic carbocycles. The van der Waals surface area contributed by atoms with Crippen LogP contribution in [0.2, 0.25) is 0 Å². The van der Waals surface area contributed by atoms with Crippen molar-refractivity contribution in [2.45, 2.75) is 64.3 Å². The Hall–Kier alpha value is -1.06. The maximum absolute atomic E-state index is 12.1. The maximum Gasteiger partial charge on any atom is 0.329 e. The molecule has 1 aliphatic heterocycles. The van der Waals surface area contributed by atoms with Crippen LogP contribution < -0.4 is 0 Å². The quantitative estimate of drug-likeness (QED) is 0.822. The minimum absolute atomic E-state index is 0.00282. The first-order valence-corrected chi connectivity index (χ1v) is 6.56. The Morgan fingerprint density at radius 1 is 1.35 bits per heavy atom. The highest BCUT2D eigenvalue weighted by Crippen LogP contribution is 2.25. The van der Waals surface area contributed by atoms with E-state index < -0.39 is 11.5 Å². The standard InChI is InChI=1S/C13H23NO3/c1-3-9-13(2,12(16)17)14-10-7-5-4-6-8-11(14)15/h3-10H2,1-2H3,(H,16,17). The number of carbonyl (C=O) groups is 2. The number of carboxylic acid groups (broad SMARTS) is 1. The summed E-state index contributed by atoms with van der Waals surface area (Å²) in [5.74, 6) is -0.878. The molecule has 98 valence electrons. The molecule has 1 atom stereocenters. The van der Waals surface area contributed by atoms with Crippen LogP contribution >= 0.6 is 0 Å². The van der Waals surface area contributed by atoms with Gasteiger partial charge in [-0.1, -0.05) is 26.2 Å². The van der Waals surface area contributed by atoms with Crippen LogP contribution in [0.1, 0.15) is 58.8 Å². The van der Waals surface area contributed by atoms with Gasteiger partial charge in [0.05, 0.1) is 0 Å². The molecule has 1 N–H and O–H groups in total. The molecule has 1 saturated heterocycles. The van der Waals surface area contributed by atoms with E-state index in [4.69, 9.17) is 0 Å². The minimum atomic E-state index is -1.02. The second-order valence-corrected chi connectivity index (χ2v) is 5.04. The monoisotopic (exact) mass is 241 g/mol. The number of carboxylic acids is 1. The zero-order chi connectivity index (χ0) is 12.9. The van der Waals surface area contributed by atoms with Gasteiger partial charge in [0, 0.05) is 13.0 Å². The number of hydrogen-bond donors (Lipinski definition) is 1. The Balaban J connectivity index is 2.89. The minimum Gasteiger partial charge on any atom is -0.480 e. The summed E-state index contributed by atoms with van der Waals surface area (Å²) in [6.07, 6.45) is 5.76. The highest BCUT2D eigenvalue weighted by atomic mass is 16.4. The number of rotatable bonds is 4. The van der Waals surface area contributed by atoms with Crippen LogP contribution in [-0.4, -0.2) is 34.0 Å². The molecule has 4 nitrogen and oxygen atoms in total. The van der Waals surface area contributed by atoms with E-state index in [2.05, 4.69) is 0 Å². The third-order valence-electron chi connectivity index (χ3n) is 3.62. The zero-order valence-electron chi connectivity index (χ0n) is 10.9. The van der Waals surface area contributed by atoms with Crippen molar-refractivity contribution in [1.82, 2.24) is 4.90 Å². The molecule has 0 bridgehead atoms. The van der Waals surface area contributed by atoms with Crippen molar-refractivity contribution in [3.63, 3.8) is 0 Å². The van der Waals surface area contributed by atoms with Crippen LogP contribution in [0, 0.1) is 0 Å². The van der Waals surface area contributed by atoms with Gasteiger partial charge in [0.2, 0.25) is 5.91 Å². The van der Waals surface area contributed by atoms with Gasteiger partial charge in [-0.15, -0.1) is 0 Å². The fraction of sp³-hybridized carbons (Fsp3) is 0.846. The highest BCUT2D eigenvalue weighted by molar-refractivity contribution is 5.86. The van der Waals surface area contributed by atoms with E-state index in [9.17, 15) is 14.7 Å². The Kier molecular flexibility index (Phi) is 4.97. The molecule has 1 unspecified atom stereocenters. The Labute approximate surface area is 103 Å². The lowest BCUT2D eigenvalue weighted by Crippen LogP contribution is -2.55. The Bertz CT molecular complexity index is 290. The van der Waals surface area contributed by atoms with Crippen molar-refractivity contribution >= 4 is 11.9 Å². The molecular formula is C13H23NO3. The number of carbonyl (C=O) groups excluding carboxylic acids is 1. The summed E-state index contributed by atoms with van der Waals surface area (Å²) in [4.78, 5) is 25.1. The van der Waals surface area contributed by atoms with Gasteiger partial charge >= 0.3 is 5.97 Å². The smallest absolute Gasteiger partial charge is 0.329 e. The first-order valence-electron chi connectivity index (χ1n) is 6.56. The molecule has 0 aromatic rings. The molecule has 0 spiro atoms. The average Bonchev–Trinajstić information content (AvgIpc) is 2.23. The predicted octanol–water partition coefficient (Wildman–Crippen LogP) is 2.42. The summed E-state index contributed by atoms with van der Waals surface area (Å²) in [5.41, 5.74) is -1.02. The van der Waals surface area contributed by atoms with Crippen LogP contribution in [0.15, 0.2) is 0 Å². The molecule has 4 heteroatoms. The van der Waals surface area contributed by atoms with E-state index in [1.165, 1.54) is 0 Å². The lowest BCUT2D eigenvalue weighted by atomic mass is 9.92. The third-order valence-corrected chi connectivity index (χ3v) is 3.62. The molecule has 1 heterocycles. The largest absolute Gasteiger partial charge is 0.480 e. The van der Waals surface area contributed by atoms with Crippen LogP contribution in [-0.2, 0) is 9.59 Å². The molecule has 1 fully saturated rings. The summed E-state index contributed by atoms with van der Waals surface area (Å²) in [6.45, 7) is 4.22. The van der Waals surface area contributed by atoms with E-state index in [0.29, 0.717) is 19.4 Å². The molecule has 1 rings (SSSR count). The van der Waals surface area contributed by atoms with Crippen LogP contribution in [0.4, 0.5) is 0 Å². The van der Waals surface area contributed by atoms with Gasteiger partial charge in [0.15, 0.2) is 0 Å². The first-order chi connectivity index (χ1) is 8.02. The van der Waals surface area contributed by atoms with Gasteiger partial charge in [-0.05, 0) is 26.2 Å². The number of aliphatic carboxylic acids is 1. The van der Waals surface area contributed by atoms with Gasteiger partial charge in [-0.25, -0.2) is 4.79 Å². The number of nitrogens with zero attached hydrogens (tertiary/aromatic N) is 1. The fourth-order valence-corrected chi connectivity index (χ4v) is 2.53. The molecule has 0 aromatic heterocycles. The summed E-state index contributed by atoms with van der Waals surface area (Å²) >= 11 is 0. The molecule has 0 aliphatic carbocycles. The Morgan fingerprint density at radius 2 is 2.00 bits per heavy atom. The van der Waals surface area contributed by atoms with Gasteiger partial charge in [-0.3, -0.25) is 4.79 Å². The van der Waals surface area contributed by atoms with Crippen molar-refractivity contribution < 1.29 is 14.7 Å². The second-order valence-electron chi connectivity index (χ2n) is 5.04. The molecule has 1 aliphatic rings. The molecule has 1 amide bonds. The molecule has 17 heavy (non-hydrogen) atoms. The highest BCUT2D eigenvalue weighted by Gasteiger charge is 2.41. The normalized spacial score (nSPS) is 21.5. The van der Waals surface area contributed by atoms with Gasteiger partial charge in [0.25, 0.3) is 0 Å². The molecule has 0 radical (unpaired) electrons. The zero-order valence-corrected chi connectivity index (χ0v) is 10.9. The lowest BCUT2D eigenvalue weighted by Gasteiger charge is -2.39. The van der Waals surface area contributed by atoms with Crippen LogP contribution in [0.5, 0.6) is 0 Å². The van der Waals surface area contributed by atoms with Crippen molar-refractivity contribution in [1.29, 1.82) is 0 Å². The number of amides is 1. The third kappa shape index (κ3) is 3.20. The van der Waals surface area contributed by atoms with Gasteiger partial charge < -0.3 is 10.0 Å². The van der Waals surface area contributed by atoms with Crippen molar-refractivity contribution in [2.75, 3.05) is 6.54 Å². The number of likely N-dealkylation sites (tertiary alicyclic amines) is 1. The van der Waals surface area contributed by atoms with Gasteiger partial charge in [-0.2, -0.15) is 0 Å². The topological polar surface area (TPSA) is 57.6 Å². The second kappa shape index (κ2) is 6.03. The van der Waals surface area contributed by atoms with E-state index in [0.717, 1.165) is 32.1 Å². The van der Waals surface area contributed by atoms with E-state index >= 15 is 0 Å². The van der Waals surface area contributed by atoms with E-state index in [-0.39, 0.29) is 5.91 Å². The fourth-order valence-electron chi connectivity index (χ4n) is 2.53. The number of hydrogen-bond acceptors (Lipinski definition) is 2. The van der Waals surface area contributed by atoms with Crippen LogP contribution in [0.25, 0.3) is 0 Å². The summed E-state index contributed by atoms with van der Waals surface area (Å²) in [7, 11) is 0. The molecular weight excluding hydrogens is 218 g/mol. The summed E-state index contributed by atoms with van der Waals surface area (Å²) in [5, 5.41) is 9.40. The summed E-state index contributed by atoms with van der Waals surface area (Å²) < 4.78 is 0. The van der Waals surface area contributed by atoms with E-state index in [1.54, 1.807) is 11.8 Å². The maximum atomic E-state index is 12.1. The van der Waals surface area contributed by atoms with Crippen molar-refractivity contribution in [3.05, 3.63) is 0 Å². The van der Waals surface area contributed by atoms with Crippen LogP contribution in [0.3, 0.4) is 0 Å².